The van der Waals surface area contributed by atoms with Crippen LogP contribution in [-0.2, 0) is 6.54 Å². The molecule has 0 unspecified atom stereocenters. The maximum atomic E-state index is 5.80. The van der Waals surface area contributed by atoms with Crippen LogP contribution in [0.15, 0.2) is 42.6 Å². The van der Waals surface area contributed by atoms with E-state index in [0.29, 0.717) is 5.92 Å². The fourth-order valence-electron chi connectivity index (χ4n) is 5.32. The van der Waals surface area contributed by atoms with E-state index in [4.69, 9.17) is 9.72 Å². The van der Waals surface area contributed by atoms with E-state index in [1.54, 1.807) is 7.11 Å². The van der Waals surface area contributed by atoms with Gasteiger partial charge in [0, 0.05) is 24.7 Å². The van der Waals surface area contributed by atoms with Crippen molar-refractivity contribution in [1.82, 2.24) is 4.98 Å². The summed E-state index contributed by atoms with van der Waals surface area (Å²) in [5.41, 5.74) is 4.85. The van der Waals surface area contributed by atoms with Crippen molar-refractivity contribution in [3.8, 4) is 5.75 Å². The second-order valence-electron chi connectivity index (χ2n) is 9.40. The lowest BCUT2D eigenvalue weighted by Crippen LogP contribution is -2.19. The zero-order chi connectivity index (χ0) is 21.9. The molecule has 32 heavy (non-hydrogen) atoms. The van der Waals surface area contributed by atoms with E-state index in [9.17, 15) is 0 Å². The Hall–Kier alpha value is -2.33. The molecule has 0 amide bonds. The minimum Gasteiger partial charge on any atom is -0.494 e. The second-order valence-corrected chi connectivity index (χ2v) is 10.5. The number of thiazole rings is 1. The molecule has 0 atom stereocenters. The first-order valence-corrected chi connectivity index (χ1v) is 13.1. The van der Waals surface area contributed by atoms with E-state index >= 15 is 0 Å². The molecule has 1 aliphatic carbocycles. The molecular formula is C28H34N2OS. The Morgan fingerprint density at radius 3 is 2.75 bits per heavy atom. The zero-order valence-electron chi connectivity index (χ0n) is 19.3. The van der Waals surface area contributed by atoms with Gasteiger partial charge < -0.3 is 9.64 Å². The van der Waals surface area contributed by atoms with E-state index in [2.05, 4.69) is 60.5 Å². The van der Waals surface area contributed by atoms with Gasteiger partial charge in [0.05, 0.1) is 28.0 Å². The predicted molar refractivity (Wildman–Crippen MR) is 137 cm³/mol. The summed E-state index contributed by atoms with van der Waals surface area (Å²) in [4.78, 5) is 7.36. The number of hydrogen-bond acceptors (Lipinski definition) is 4. The Balaban J connectivity index is 1.34. The van der Waals surface area contributed by atoms with Crippen molar-refractivity contribution in [3.63, 3.8) is 0 Å². The summed E-state index contributed by atoms with van der Waals surface area (Å²) in [6, 6.07) is 13.0. The van der Waals surface area contributed by atoms with Gasteiger partial charge in [-0.1, -0.05) is 56.9 Å². The summed E-state index contributed by atoms with van der Waals surface area (Å²) in [7, 11) is 1.76. The lowest BCUT2D eigenvalue weighted by atomic mass is 9.80. The summed E-state index contributed by atoms with van der Waals surface area (Å²) in [6.07, 6.45) is 15.3. The van der Waals surface area contributed by atoms with Crippen LogP contribution in [0.4, 0.5) is 5.69 Å². The quantitative estimate of drug-likeness (QED) is 0.342. The average molecular weight is 447 g/mol. The van der Waals surface area contributed by atoms with Crippen LogP contribution >= 0.6 is 11.3 Å². The van der Waals surface area contributed by atoms with Crippen molar-refractivity contribution < 1.29 is 4.74 Å². The first-order valence-electron chi connectivity index (χ1n) is 12.3. The maximum absolute atomic E-state index is 5.80. The number of methoxy groups -OCH3 is 1. The molecule has 1 aromatic heterocycles. The van der Waals surface area contributed by atoms with Crippen LogP contribution in [0, 0.1) is 5.92 Å². The van der Waals surface area contributed by atoms with Crippen LogP contribution in [-0.4, -0.2) is 12.1 Å². The summed E-state index contributed by atoms with van der Waals surface area (Å²) in [6.45, 7) is 3.16. The minimum atomic E-state index is 0.631. The van der Waals surface area contributed by atoms with Gasteiger partial charge in [0.2, 0.25) is 0 Å². The highest BCUT2D eigenvalue weighted by atomic mass is 32.1. The van der Waals surface area contributed by atoms with Crippen LogP contribution < -0.4 is 9.64 Å². The minimum absolute atomic E-state index is 0.631. The van der Waals surface area contributed by atoms with Gasteiger partial charge in [0.1, 0.15) is 5.75 Å². The van der Waals surface area contributed by atoms with Crippen LogP contribution in [0.2, 0.25) is 0 Å². The number of nitrogens with zero attached hydrogens (tertiary/aromatic N) is 2. The lowest BCUT2D eigenvalue weighted by molar-refractivity contribution is 0.302. The summed E-state index contributed by atoms with van der Waals surface area (Å²) >= 11 is 1.89. The molecule has 0 bridgehead atoms. The van der Waals surface area contributed by atoms with Crippen molar-refractivity contribution in [2.45, 2.75) is 70.8 Å². The Morgan fingerprint density at radius 1 is 1.09 bits per heavy atom. The highest BCUT2D eigenvalue weighted by molar-refractivity contribution is 7.18. The molecule has 2 aliphatic rings. The molecule has 0 saturated heterocycles. The summed E-state index contributed by atoms with van der Waals surface area (Å²) < 4.78 is 7.07. The number of benzene rings is 2. The SMILES string of the molecule is CCCCCC1CCC(c2nc3cc(OC)c(N4C=Cc5ccccc5C4)cc3s2)CC1. The molecule has 1 aliphatic heterocycles. The van der Waals surface area contributed by atoms with Crippen LogP contribution in [0.25, 0.3) is 16.3 Å². The molecule has 0 radical (unpaired) electrons. The molecule has 1 fully saturated rings. The van der Waals surface area contributed by atoms with E-state index < -0.39 is 0 Å². The number of rotatable bonds is 7. The third-order valence-electron chi connectivity index (χ3n) is 7.26. The standard InChI is InChI=1S/C28H34N2OS/c1-3-4-5-8-20-11-13-22(14-12-20)28-29-24-17-26(31-2)25(18-27(24)32-28)30-16-15-21-9-6-7-10-23(21)19-30/h6-7,9-10,15-18,20,22H,3-5,8,11-14,19H2,1-2H3. The normalized spacial score (nSPS) is 20.5. The molecule has 3 aromatic rings. The van der Waals surface area contributed by atoms with Gasteiger partial charge in [0.15, 0.2) is 0 Å². The van der Waals surface area contributed by atoms with Gasteiger partial charge in [-0.2, -0.15) is 0 Å². The highest BCUT2D eigenvalue weighted by Gasteiger charge is 2.25. The predicted octanol–water partition coefficient (Wildman–Crippen LogP) is 8.15. The van der Waals surface area contributed by atoms with Gasteiger partial charge in [0.25, 0.3) is 0 Å². The smallest absolute Gasteiger partial charge is 0.144 e. The van der Waals surface area contributed by atoms with Crippen molar-refractivity contribution in [3.05, 3.63) is 58.7 Å². The molecule has 3 nitrogen and oxygen atoms in total. The lowest BCUT2D eigenvalue weighted by Gasteiger charge is -2.27. The fraction of sp³-hybridized carbons (Fsp3) is 0.464. The van der Waals surface area contributed by atoms with E-state index in [0.717, 1.165) is 29.4 Å². The first-order chi connectivity index (χ1) is 15.7. The Bertz CT molecular complexity index is 1090. The van der Waals surface area contributed by atoms with Crippen LogP contribution in [0.1, 0.15) is 80.3 Å². The molecule has 0 N–H and O–H groups in total. The van der Waals surface area contributed by atoms with Crippen LogP contribution in [0.3, 0.4) is 0 Å². The average Bonchev–Trinajstić information content (AvgIpc) is 3.26. The molecule has 1 saturated carbocycles. The monoisotopic (exact) mass is 446 g/mol. The number of hydrogen-bond donors (Lipinski definition) is 0. The molecule has 2 aromatic carbocycles. The van der Waals surface area contributed by atoms with Gasteiger partial charge in [-0.3, -0.25) is 0 Å². The first kappa shape index (κ1) is 21.5. The van der Waals surface area contributed by atoms with E-state index in [1.807, 2.05) is 11.3 Å². The van der Waals surface area contributed by atoms with Crippen molar-refractivity contribution in [2.24, 2.45) is 5.92 Å². The summed E-state index contributed by atoms with van der Waals surface area (Å²) in [5.74, 6) is 2.47. The van der Waals surface area contributed by atoms with E-state index in [-0.39, 0.29) is 0 Å². The zero-order valence-corrected chi connectivity index (χ0v) is 20.2. The fourth-order valence-corrected chi connectivity index (χ4v) is 6.47. The molecule has 0 spiro atoms. The third kappa shape index (κ3) is 4.43. The number of anilines is 1. The highest BCUT2D eigenvalue weighted by Crippen LogP contribution is 2.43. The topological polar surface area (TPSA) is 25.4 Å². The molecule has 4 heteroatoms. The van der Waals surface area contributed by atoms with Crippen molar-refractivity contribution >= 4 is 33.3 Å². The molecular weight excluding hydrogens is 412 g/mol. The summed E-state index contributed by atoms with van der Waals surface area (Å²) in [5, 5.41) is 1.32. The van der Waals surface area contributed by atoms with E-state index in [1.165, 1.54) is 72.2 Å². The van der Waals surface area contributed by atoms with Gasteiger partial charge in [-0.25, -0.2) is 4.98 Å². The van der Waals surface area contributed by atoms with Crippen molar-refractivity contribution in [2.75, 3.05) is 12.0 Å². The second kappa shape index (κ2) is 9.66. The van der Waals surface area contributed by atoms with Gasteiger partial charge in [-0.15, -0.1) is 11.3 Å². The largest absolute Gasteiger partial charge is 0.494 e. The van der Waals surface area contributed by atoms with Crippen LogP contribution in [0.5, 0.6) is 5.75 Å². The number of fused-ring (bicyclic) bond motifs is 2. The van der Waals surface area contributed by atoms with Gasteiger partial charge >= 0.3 is 0 Å². The third-order valence-corrected chi connectivity index (χ3v) is 8.44. The molecule has 168 valence electrons. The number of unbranched alkanes of at least 4 members (excludes halogenated alkanes) is 2. The number of aromatic nitrogens is 1. The van der Waals surface area contributed by atoms with Crippen molar-refractivity contribution in [1.29, 1.82) is 0 Å². The molecule has 2 heterocycles. The van der Waals surface area contributed by atoms with Gasteiger partial charge in [-0.05, 0) is 54.9 Å². The Morgan fingerprint density at radius 2 is 1.94 bits per heavy atom. The maximum Gasteiger partial charge on any atom is 0.144 e. The number of ether oxygens (including phenoxy) is 1. The molecule has 5 rings (SSSR count). The Kier molecular flexibility index (Phi) is 6.49. The Labute approximate surface area is 196 Å².